The molecule has 0 radical (unpaired) electrons. The molecule has 5 rings (SSSR count). The lowest BCUT2D eigenvalue weighted by Crippen LogP contribution is -2.05. The number of rotatable bonds is 8. The Labute approximate surface area is 189 Å². The summed E-state index contributed by atoms with van der Waals surface area (Å²) >= 11 is 0. The minimum absolute atomic E-state index is 0.0210. The molecule has 33 heavy (non-hydrogen) atoms. The van der Waals surface area contributed by atoms with Gasteiger partial charge < -0.3 is 14.3 Å². The van der Waals surface area contributed by atoms with Crippen molar-refractivity contribution in [3.63, 3.8) is 0 Å². The van der Waals surface area contributed by atoms with Crippen LogP contribution in [0.3, 0.4) is 0 Å². The Morgan fingerprint density at radius 3 is 2.42 bits per heavy atom. The number of aromatic nitrogens is 3. The van der Waals surface area contributed by atoms with Crippen LogP contribution in [-0.2, 0) is 17.9 Å². The number of carboxylic acids is 1. The van der Waals surface area contributed by atoms with Crippen molar-refractivity contribution in [2.75, 3.05) is 0 Å². The first kappa shape index (κ1) is 20.5. The number of aliphatic carboxylic acids is 1. The molecule has 0 fully saturated rings. The fourth-order valence-electron chi connectivity index (χ4n) is 3.66. The largest absolute Gasteiger partial charge is 0.487 e. The van der Waals surface area contributed by atoms with Gasteiger partial charge in [0.25, 0.3) is 0 Å². The van der Waals surface area contributed by atoms with E-state index in [-0.39, 0.29) is 13.0 Å². The van der Waals surface area contributed by atoms with Gasteiger partial charge in [0.15, 0.2) is 5.76 Å². The Hall–Kier alpha value is -4.39. The number of aryl methyl sites for hydroxylation is 1. The number of carboxylic acid groups (broad SMARTS) is 1. The Balaban J connectivity index is 1.40. The second-order valence-electron chi connectivity index (χ2n) is 7.55. The van der Waals surface area contributed by atoms with Crippen LogP contribution in [0, 0.1) is 0 Å². The topological polar surface area (TPSA) is 90.4 Å². The molecule has 2 aromatic heterocycles. The summed E-state index contributed by atoms with van der Waals surface area (Å²) in [6.45, 7) is 0.555. The fraction of sp³-hybridized carbons (Fsp3) is 0.115. The van der Waals surface area contributed by atoms with Gasteiger partial charge in [0.1, 0.15) is 18.1 Å². The average Bonchev–Trinajstić information content (AvgIpc) is 3.46. The molecule has 164 valence electrons. The van der Waals surface area contributed by atoms with Crippen molar-refractivity contribution in [2.24, 2.45) is 0 Å². The fourth-order valence-corrected chi connectivity index (χ4v) is 3.66. The van der Waals surface area contributed by atoms with Crippen molar-refractivity contribution in [3.05, 3.63) is 90.8 Å². The highest BCUT2D eigenvalue weighted by molar-refractivity contribution is 5.80. The molecule has 0 aliphatic rings. The highest BCUT2D eigenvalue weighted by Crippen LogP contribution is 2.31. The first-order valence-corrected chi connectivity index (χ1v) is 10.6. The van der Waals surface area contributed by atoms with Crippen molar-refractivity contribution < 1.29 is 19.1 Å². The van der Waals surface area contributed by atoms with E-state index < -0.39 is 5.97 Å². The quantitative estimate of drug-likeness (QED) is 0.348. The number of fused-ring (bicyclic) bond motifs is 1. The minimum atomic E-state index is -0.852. The number of nitrogens with zero attached hydrogens (tertiary/aromatic N) is 3. The summed E-state index contributed by atoms with van der Waals surface area (Å²) in [4.78, 5) is 15.6. The van der Waals surface area contributed by atoms with E-state index in [4.69, 9.17) is 19.2 Å². The zero-order valence-electron chi connectivity index (χ0n) is 17.7. The van der Waals surface area contributed by atoms with E-state index in [0.29, 0.717) is 29.6 Å². The summed E-state index contributed by atoms with van der Waals surface area (Å²) in [6.07, 6.45) is 1.73. The van der Waals surface area contributed by atoms with E-state index in [0.717, 1.165) is 22.0 Å². The lowest BCUT2D eigenvalue weighted by molar-refractivity contribution is -0.137. The molecule has 2 heterocycles. The molecule has 5 aromatic rings. The smallest absolute Gasteiger partial charge is 0.305 e. The summed E-state index contributed by atoms with van der Waals surface area (Å²) in [5.74, 6) is 1.04. The maximum absolute atomic E-state index is 10.9. The van der Waals surface area contributed by atoms with Gasteiger partial charge in [0.2, 0.25) is 5.89 Å². The molecule has 0 saturated carbocycles. The van der Waals surface area contributed by atoms with Gasteiger partial charge in [0, 0.05) is 16.5 Å². The Morgan fingerprint density at radius 2 is 1.70 bits per heavy atom. The third-order valence-corrected chi connectivity index (χ3v) is 5.28. The predicted octanol–water partition coefficient (Wildman–Crippen LogP) is 5.41. The SMILES string of the molecule is O=C(O)CCn1ncc2cc(OCc3nc(-c4ccccc4)oc3-c3ccccc3)ccc21. The van der Waals surface area contributed by atoms with Gasteiger partial charge in [0.05, 0.1) is 24.7 Å². The molecule has 7 nitrogen and oxygen atoms in total. The number of hydrogen-bond acceptors (Lipinski definition) is 5. The number of ether oxygens (including phenoxy) is 1. The average molecular weight is 439 g/mol. The van der Waals surface area contributed by atoms with E-state index in [1.54, 1.807) is 10.9 Å². The highest BCUT2D eigenvalue weighted by Gasteiger charge is 2.17. The van der Waals surface area contributed by atoms with Gasteiger partial charge >= 0.3 is 5.97 Å². The lowest BCUT2D eigenvalue weighted by Gasteiger charge is -2.07. The van der Waals surface area contributed by atoms with Crippen LogP contribution in [0.4, 0.5) is 0 Å². The second-order valence-corrected chi connectivity index (χ2v) is 7.55. The van der Waals surface area contributed by atoms with E-state index >= 15 is 0 Å². The normalized spacial score (nSPS) is 11.0. The summed E-state index contributed by atoms with van der Waals surface area (Å²) < 4.78 is 13.9. The van der Waals surface area contributed by atoms with Gasteiger partial charge in [-0.1, -0.05) is 48.5 Å². The third-order valence-electron chi connectivity index (χ3n) is 5.28. The van der Waals surface area contributed by atoms with Crippen LogP contribution in [0.5, 0.6) is 5.75 Å². The maximum Gasteiger partial charge on any atom is 0.305 e. The van der Waals surface area contributed by atoms with E-state index in [2.05, 4.69) is 5.10 Å². The minimum Gasteiger partial charge on any atom is -0.487 e. The molecule has 0 bridgehead atoms. The van der Waals surface area contributed by atoms with Gasteiger partial charge in [-0.15, -0.1) is 0 Å². The van der Waals surface area contributed by atoms with E-state index in [1.165, 1.54) is 0 Å². The zero-order valence-corrected chi connectivity index (χ0v) is 17.7. The third kappa shape index (κ3) is 4.48. The molecule has 1 N–H and O–H groups in total. The molecule has 0 unspecified atom stereocenters. The first-order valence-electron chi connectivity index (χ1n) is 10.6. The summed E-state index contributed by atoms with van der Waals surface area (Å²) in [5, 5.41) is 14.1. The van der Waals surface area contributed by atoms with Crippen LogP contribution < -0.4 is 4.74 Å². The van der Waals surface area contributed by atoms with Crippen LogP contribution in [0.2, 0.25) is 0 Å². The van der Waals surface area contributed by atoms with Gasteiger partial charge in [-0.3, -0.25) is 9.48 Å². The summed E-state index contributed by atoms with van der Waals surface area (Å²) in [6, 6.07) is 25.2. The molecule has 3 aromatic carbocycles. The monoisotopic (exact) mass is 439 g/mol. The maximum atomic E-state index is 10.9. The van der Waals surface area contributed by atoms with Crippen molar-refractivity contribution in [1.29, 1.82) is 0 Å². The van der Waals surface area contributed by atoms with Gasteiger partial charge in [-0.2, -0.15) is 5.10 Å². The zero-order chi connectivity index (χ0) is 22.6. The van der Waals surface area contributed by atoms with Crippen LogP contribution in [0.1, 0.15) is 12.1 Å². The Morgan fingerprint density at radius 1 is 0.970 bits per heavy atom. The van der Waals surface area contributed by atoms with Gasteiger partial charge in [-0.25, -0.2) is 4.98 Å². The number of oxazole rings is 1. The molecule has 0 atom stereocenters. The van der Waals surface area contributed by atoms with Crippen LogP contribution in [-0.4, -0.2) is 25.8 Å². The van der Waals surface area contributed by atoms with Crippen molar-refractivity contribution >= 4 is 16.9 Å². The van der Waals surface area contributed by atoms with E-state index in [1.807, 2.05) is 78.9 Å². The van der Waals surface area contributed by atoms with Crippen LogP contribution >= 0.6 is 0 Å². The molecule has 0 saturated heterocycles. The molecule has 0 aliphatic carbocycles. The number of carbonyl (C=O) groups is 1. The van der Waals surface area contributed by atoms with Crippen molar-refractivity contribution in [1.82, 2.24) is 14.8 Å². The highest BCUT2D eigenvalue weighted by atomic mass is 16.5. The number of benzene rings is 3. The molecule has 0 aliphatic heterocycles. The first-order chi connectivity index (χ1) is 16.2. The molecular weight excluding hydrogens is 418 g/mol. The predicted molar refractivity (Wildman–Crippen MR) is 124 cm³/mol. The van der Waals surface area contributed by atoms with Crippen LogP contribution in [0.25, 0.3) is 33.7 Å². The van der Waals surface area contributed by atoms with E-state index in [9.17, 15) is 4.79 Å². The van der Waals surface area contributed by atoms with Gasteiger partial charge in [-0.05, 0) is 30.3 Å². The molecule has 7 heteroatoms. The molecule has 0 spiro atoms. The molecular formula is C26H21N3O4. The summed E-state index contributed by atoms with van der Waals surface area (Å²) in [7, 11) is 0. The van der Waals surface area contributed by atoms with Crippen molar-refractivity contribution in [2.45, 2.75) is 19.6 Å². The second kappa shape index (κ2) is 9.00. The number of hydrogen-bond donors (Lipinski definition) is 1. The Kier molecular flexibility index (Phi) is 5.59. The molecule has 0 amide bonds. The Bertz CT molecular complexity index is 1390. The van der Waals surface area contributed by atoms with Crippen molar-refractivity contribution in [3.8, 4) is 28.5 Å². The standard InChI is InChI=1S/C26H21N3O4/c30-24(31)13-14-29-23-12-11-21(15-20(23)16-27-29)32-17-22-25(18-7-3-1-4-8-18)33-26(28-22)19-9-5-2-6-10-19/h1-12,15-16H,13-14,17H2,(H,30,31). The van der Waals surface area contributed by atoms with Crippen LogP contribution in [0.15, 0.2) is 89.5 Å². The lowest BCUT2D eigenvalue weighted by atomic mass is 10.1. The summed E-state index contributed by atoms with van der Waals surface area (Å²) in [5.41, 5.74) is 3.40.